The van der Waals surface area contributed by atoms with Crippen LogP contribution in [0.1, 0.15) is 25.5 Å². The Balaban J connectivity index is 1.54. The zero-order valence-corrected chi connectivity index (χ0v) is 20.1. The summed E-state index contributed by atoms with van der Waals surface area (Å²) in [5.74, 6) is -0.354. The van der Waals surface area contributed by atoms with Gasteiger partial charge in [0, 0.05) is 44.2 Å². The molecule has 4 rings (SSSR count). The van der Waals surface area contributed by atoms with E-state index < -0.39 is 11.4 Å². The van der Waals surface area contributed by atoms with E-state index in [0.717, 1.165) is 11.8 Å². The average Bonchev–Trinajstić information content (AvgIpc) is 2.86. The lowest BCUT2D eigenvalue weighted by atomic mass is 10.1. The third-order valence-electron chi connectivity index (χ3n) is 6.11. The molecule has 1 fully saturated rings. The minimum Gasteiger partial charge on any atom is -0.370 e. The predicted molar refractivity (Wildman–Crippen MR) is 130 cm³/mol. The van der Waals surface area contributed by atoms with Crippen LogP contribution in [0.15, 0.2) is 53.6 Å². The highest BCUT2D eigenvalue weighted by Gasteiger charge is 2.28. The Hall–Kier alpha value is -3.63. The van der Waals surface area contributed by atoms with Crippen molar-refractivity contribution in [1.29, 1.82) is 0 Å². The molecule has 1 aromatic carbocycles. The fourth-order valence-corrected chi connectivity index (χ4v) is 3.72. The molecular formula is C25H28FN5O4. The third kappa shape index (κ3) is 5.23. The number of methoxy groups -OCH3 is 1. The molecule has 35 heavy (non-hydrogen) atoms. The summed E-state index contributed by atoms with van der Waals surface area (Å²) in [6.45, 7) is 4.79. The van der Waals surface area contributed by atoms with E-state index in [9.17, 15) is 14.0 Å². The molecule has 10 heteroatoms. The highest BCUT2D eigenvalue weighted by Crippen LogP contribution is 2.27. The zero-order valence-electron chi connectivity index (χ0n) is 20.1. The van der Waals surface area contributed by atoms with Crippen LogP contribution in [0.3, 0.4) is 0 Å². The quantitative estimate of drug-likeness (QED) is 0.578. The Kier molecular flexibility index (Phi) is 6.95. The number of nitrogens with zero attached hydrogens (tertiary/aromatic N) is 4. The van der Waals surface area contributed by atoms with Crippen molar-refractivity contribution in [3.8, 4) is 11.3 Å². The molecule has 1 N–H and O–H groups in total. The first kappa shape index (κ1) is 24.5. The van der Waals surface area contributed by atoms with Gasteiger partial charge in [-0.05, 0) is 37.6 Å². The van der Waals surface area contributed by atoms with Crippen LogP contribution in [0.2, 0.25) is 0 Å². The number of benzene rings is 1. The maximum atomic E-state index is 14.3. The number of nitrogens with one attached hydrogen (secondary N) is 1. The number of carbonyl (C=O) groups excluding carboxylic acids is 1. The number of carbonyl (C=O) groups is 1. The summed E-state index contributed by atoms with van der Waals surface area (Å²) in [5.41, 5.74) is 0.807. The maximum Gasteiger partial charge on any atom is 0.256 e. The van der Waals surface area contributed by atoms with Crippen LogP contribution < -0.4 is 15.8 Å². The van der Waals surface area contributed by atoms with E-state index in [1.807, 2.05) is 29.2 Å². The first-order valence-corrected chi connectivity index (χ1v) is 11.2. The Labute approximate surface area is 202 Å². The lowest BCUT2D eigenvalue weighted by Gasteiger charge is -2.34. The molecule has 1 aliphatic rings. The van der Waals surface area contributed by atoms with E-state index in [-0.39, 0.29) is 28.8 Å². The lowest BCUT2D eigenvalue weighted by molar-refractivity contribution is -0.133. The van der Waals surface area contributed by atoms with Crippen LogP contribution >= 0.6 is 0 Å². The van der Waals surface area contributed by atoms with Gasteiger partial charge in [0.25, 0.3) is 11.5 Å². The third-order valence-corrected chi connectivity index (χ3v) is 6.11. The molecule has 0 aliphatic carbocycles. The highest BCUT2D eigenvalue weighted by molar-refractivity contribution is 5.96. The molecule has 3 heterocycles. The molecule has 184 valence electrons. The standard InChI is InChI=1S/C25H28FN5O4/c1-25(2,34-4)23(33)28-17-7-5-16(6-8-17)21-15-31(11-12-35-21)24-29-20(13-22(32)30(24)3)18-9-10-27-14-19(18)26/h5-10,13-14,21H,11-12,15H2,1-4H3,(H,28,33)/t21-/m1/s1. The molecule has 1 aliphatic heterocycles. The van der Waals surface area contributed by atoms with Gasteiger partial charge in [-0.2, -0.15) is 0 Å². The molecule has 0 unspecified atom stereocenters. The van der Waals surface area contributed by atoms with Crippen LogP contribution in [0, 0.1) is 5.82 Å². The summed E-state index contributed by atoms with van der Waals surface area (Å²) < 4.78 is 26.9. The molecule has 0 bridgehead atoms. The molecule has 1 amide bonds. The number of halogens is 1. The van der Waals surface area contributed by atoms with Crippen LogP contribution in [0.25, 0.3) is 11.3 Å². The number of pyridine rings is 1. The second-order valence-corrected chi connectivity index (χ2v) is 8.79. The molecule has 9 nitrogen and oxygen atoms in total. The Morgan fingerprint density at radius 3 is 2.69 bits per heavy atom. The lowest BCUT2D eigenvalue weighted by Crippen LogP contribution is -2.41. The summed E-state index contributed by atoms with van der Waals surface area (Å²) in [6, 6.07) is 10.2. The number of hydrogen-bond donors (Lipinski definition) is 1. The number of ether oxygens (including phenoxy) is 2. The van der Waals surface area contributed by atoms with Crippen LogP contribution in [-0.4, -0.2) is 52.8 Å². The van der Waals surface area contributed by atoms with Crippen molar-refractivity contribution in [3.05, 3.63) is 70.5 Å². The smallest absolute Gasteiger partial charge is 0.256 e. The summed E-state index contributed by atoms with van der Waals surface area (Å²) in [5, 5.41) is 2.84. The number of aromatic nitrogens is 3. The van der Waals surface area contributed by atoms with Crippen molar-refractivity contribution >= 4 is 17.5 Å². The Morgan fingerprint density at radius 2 is 2.00 bits per heavy atom. The Morgan fingerprint density at radius 1 is 1.26 bits per heavy atom. The molecule has 0 radical (unpaired) electrons. The molecule has 1 saturated heterocycles. The largest absolute Gasteiger partial charge is 0.370 e. The van der Waals surface area contributed by atoms with Gasteiger partial charge >= 0.3 is 0 Å². The number of hydrogen-bond acceptors (Lipinski definition) is 7. The minimum absolute atomic E-state index is 0.220. The average molecular weight is 482 g/mol. The second-order valence-electron chi connectivity index (χ2n) is 8.79. The van der Waals surface area contributed by atoms with Crippen LogP contribution in [0.4, 0.5) is 16.0 Å². The van der Waals surface area contributed by atoms with Crippen LogP contribution in [0.5, 0.6) is 0 Å². The van der Waals surface area contributed by atoms with Crippen molar-refractivity contribution in [3.63, 3.8) is 0 Å². The summed E-state index contributed by atoms with van der Waals surface area (Å²) in [6.07, 6.45) is 2.29. The van der Waals surface area contributed by atoms with Crippen molar-refractivity contribution in [2.75, 3.05) is 37.0 Å². The summed E-state index contributed by atoms with van der Waals surface area (Å²) in [4.78, 5) is 35.3. The fourth-order valence-electron chi connectivity index (χ4n) is 3.72. The van der Waals surface area contributed by atoms with E-state index >= 15 is 0 Å². The van der Waals surface area contributed by atoms with Gasteiger partial charge in [0.15, 0.2) is 5.82 Å². The van der Waals surface area contributed by atoms with Crippen molar-refractivity contribution in [1.82, 2.24) is 14.5 Å². The Bertz CT molecular complexity index is 1280. The van der Waals surface area contributed by atoms with Crippen molar-refractivity contribution in [2.45, 2.75) is 25.6 Å². The van der Waals surface area contributed by atoms with Crippen molar-refractivity contribution in [2.24, 2.45) is 7.05 Å². The monoisotopic (exact) mass is 481 g/mol. The van der Waals surface area contributed by atoms with Gasteiger partial charge in [0.1, 0.15) is 11.7 Å². The molecular weight excluding hydrogens is 453 g/mol. The molecule has 0 saturated carbocycles. The van der Waals surface area contributed by atoms with Crippen LogP contribution in [-0.2, 0) is 21.3 Å². The van der Waals surface area contributed by atoms with Crippen molar-refractivity contribution < 1.29 is 18.7 Å². The van der Waals surface area contributed by atoms with Gasteiger partial charge in [-0.15, -0.1) is 0 Å². The maximum absolute atomic E-state index is 14.3. The highest BCUT2D eigenvalue weighted by atomic mass is 19.1. The predicted octanol–water partition coefficient (Wildman–Crippen LogP) is 2.92. The molecule has 0 spiro atoms. The number of amides is 1. The van der Waals surface area contributed by atoms with Gasteiger partial charge in [0.05, 0.1) is 25.0 Å². The van der Waals surface area contributed by atoms with Gasteiger partial charge < -0.3 is 19.7 Å². The minimum atomic E-state index is -0.942. The van der Waals surface area contributed by atoms with Gasteiger partial charge in [0.2, 0.25) is 5.95 Å². The number of morpholine rings is 1. The number of anilines is 2. The summed E-state index contributed by atoms with van der Waals surface area (Å²) >= 11 is 0. The molecule has 1 atom stereocenters. The zero-order chi connectivity index (χ0) is 25.2. The first-order valence-electron chi connectivity index (χ1n) is 11.2. The summed E-state index contributed by atoms with van der Waals surface area (Å²) in [7, 11) is 3.13. The molecule has 2 aromatic heterocycles. The van der Waals surface area contributed by atoms with Gasteiger partial charge in [-0.25, -0.2) is 9.37 Å². The fraction of sp³-hybridized carbons (Fsp3) is 0.360. The van der Waals surface area contributed by atoms with E-state index in [1.165, 1.54) is 30.0 Å². The van der Waals surface area contributed by atoms with Gasteiger partial charge in [-0.1, -0.05) is 12.1 Å². The molecule has 3 aromatic rings. The number of rotatable bonds is 6. The van der Waals surface area contributed by atoms with Gasteiger partial charge in [-0.3, -0.25) is 19.1 Å². The van der Waals surface area contributed by atoms with E-state index in [4.69, 9.17) is 9.47 Å². The van der Waals surface area contributed by atoms with E-state index in [2.05, 4.69) is 15.3 Å². The SMILES string of the molecule is COC(C)(C)C(=O)Nc1ccc([C@H]2CN(c3nc(-c4ccncc4F)cc(=O)n3C)CCO2)cc1. The normalized spacial score (nSPS) is 16.3. The topological polar surface area (TPSA) is 98.6 Å². The second kappa shape index (κ2) is 9.93. The first-order chi connectivity index (χ1) is 16.7. The van der Waals surface area contributed by atoms with E-state index in [0.29, 0.717) is 31.3 Å². The van der Waals surface area contributed by atoms with E-state index in [1.54, 1.807) is 20.9 Å².